The van der Waals surface area contributed by atoms with Crippen LogP contribution < -0.4 is 16.6 Å². The number of hydrogen-bond donors (Lipinski definition) is 2. The van der Waals surface area contributed by atoms with E-state index in [2.05, 4.69) is 15.3 Å². The molecule has 4 rings (SSSR count). The van der Waals surface area contributed by atoms with Gasteiger partial charge in [-0.1, -0.05) is 6.92 Å². The van der Waals surface area contributed by atoms with E-state index >= 15 is 0 Å². The average molecular weight is 385 g/mol. The van der Waals surface area contributed by atoms with E-state index < -0.39 is 11.2 Å². The van der Waals surface area contributed by atoms with Crippen molar-refractivity contribution in [2.75, 3.05) is 20.1 Å². The molecule has 8 heteroatoms. The van der Waals surface area contributed by atoms with Gasteiger partial charge in [0.1, 0.15) is 0 Å². The van der Waals surface area contributed by atoms with Gasteiger partial charge >= 0.3 is 5.69 Å². The number of H-pyrrole nitrogens is 1. The summed E-state index contributed by atoms with van der Waals surface area (Å²) in [6.45, 7) is 3.72. The number of carbonyl (C=O) groups is 1. The fourth-order valence-corrected chi connectivity index (χ4v) is 4.02. The molecule has 2 N–H and O–H groups in total. The van der Waals surface area contributed by atoms with Crippen molar-refractivity contribution < 1.29 is 4.79 Å². The first-order valence-corrected chi connectivity index (χ1v) is 10.2. The maximum absolute atomic E-state index is 13.3. The highest BCUT2D eigenvalue weighted by atomic mass is 16.2. The van der Waals surface area contributed by atoms with Crippen LogP contribution >= 0.6 is 0 Å². The molecule has 3 heterocycles. The van der Waals surface area contributed by atoms with E-state index in [1.54, 1.807) is 6.07 Å². The molecule has 0 bridgehead atoms. The first kappa shape index (κ1) is 18.9. The van der Waals surface area contributed by atoms with Gasteiger partial charge in [0.05, 0.1) is 10.9 Å². The van der Waals surface area contributed by atoms with Crippen LogP contribution in [0.15, 0.2) is 15.7 Å². The Kier molecular flexibility index (Phi) is 5.05. The van der Waals surface area contributed by atoms with Crippen molar-refractivity contribution in [3.8, 4) is 0 Å². The number of amides is 1. The molecular weight excluding hydrogens is 358 g/mol. The summed E-state index contributed by atoms with van der Waals surface area (Å²) in [5.41, 5.74) is 0.536. The second-order valence-corrected chi connectivity index (χ2v) is 7.83. The van der Waals surface area contributed by atoms with Crippen LogP contribution in [0.1, 0.15) is 61.0 Å². The highest BCUT2D eigenvalue weighted by molar-refractivity contribution is 6.05. The molecule has 0 spiro atoms. The average Bonchev–Trinajstić information content (AvgIpc) is 3.55. The number of aromatic nitrogens is 3. The number of rotatable bonds is 5. The molecule has 1 saturated heterocycles. The molecule has 1 amide bonds. The number of pyridine rings is 1. The SMILES string of the molecule is CCCn1c(=O)[nH]c(=O)c2c(C(=O)N3CCC(NC)CC3)cc(C3CC3)nc21. The highest BCUT2D eigenvalue weighted by Gasteiger charge is 2.31. The largest absolute Gasteiger partial charge is 0.339 e. The quantitative estimate of drug-likeness (QED) is 0.805. The molecule has 2 aliphatic rings. The Morgan fingerprint density at radius 2 is 1.96 bits per heavy atom. The van der Waals surface area contributed by atoms with Crippen LogP contribution in [0.3, 0.4) is 0 Å². The Hall–Kier alpha value is -2.48. The van der Waals surface area contributed by atoms with Crippen LogP contribution in [0, 0.1) is 0 Å². The Bertz CT molecular complexity index is 1010. The third-order valence-electron chi connectivity index (χ3n) is 5.83. The zero-order chi connectivity index (χ0) is 19.8. The summed E-state index contributed by atoms with van der Waals surface area (Å²) in [5.74, 6) is 0.173. The minimum atomic E-state index is -0.532. The lowest BCUT2D eigenvalue weighted by molar-refractivity contribution is 0.0709. The van der Waals surface area contributed by atoms with Crippen molar-refractivity contribution in [2.24, 2.45) is 0 Å². The number of piperidine rings is 1. The summed E-state index contributed by atoms with van der Waals surface area (Å²) >= 11 is 0. The van der Waals surface area contributed by atoms with Crippen molar-refractivity contribution in [1.29, 1.82) is 0 Å². The molecule has 8 nitrogen and oxygen atoms in total. The number of aryl methyl sites for hydroxylation is 1. The summed E-state index contributed by atoms with van der Waals surface area (Å²) in [4.78, 5) is 47.2. The molecule has 0 atom stereocenters. The summed E-state index contributed by atoms with van der Waals surface area (Å²) < 4.78 is 1.49. The van der Waals surface area contributed by atoms with E-state index in [0.29, 0.717) is 42.8 Å². The van der Waals surface area contributed by atoms with Gasteiger partial charge in [-0.25, -0.2) is 9.78 Å². The van der Waals surface area contributed by atoms with Gasteiger partial charge in [-0.15, -0.1) is 0 Å². The monoisotopic (exact) mass is 385 g/mol. The Labute approximate surface area is 163 Å². The van der Waals surface area contributed by atoms with E-state index in [-0.39, 0.29) is 11.3 Å². The van der Waals surface area contributed by atoms with Gasteiger partial charge in [-0.3, -0.25) is 19.1 Å². The van der Waals surface area contributed by atoms with Crippen molar-refractivity contribution in [3.05, 3.63) is 38.2 Å². The lowest BCUT2D eigenvalue weighted by Gasteiger charge is -2.32. The van der Waals surface area contributed by atoms with Crippen LogP contribution in [0.25, 0.3) is 11.0 Å². The third-order valence-corrected chi connectivity index (χ3v) is 5.83. The van der Waals surface area contributed by atoms with Crippen molar-refractivity contribution in [2.45, 2.75) is 57.5 Å². The van der Waals surface area contributed by atoms with Crippen LogP contribution in [-0.2, 0) is 6.54 Å². The molecular formula is C20H27N5O3. The van der Waals surface area contributed by atoms with E-state index in [9.17, 15) is 14.4 Å². The Morgan fingerprint density at radius 1 is 1.25 bits per heavy atom. The lowest BCUT2D eigenvalue weighted by atomic mass is 10.0. The fourth-order valence-electron chi connectivity index (χ4n) is 4.02. The molecule has 1 saturated carbocycles. The molecule has 0 aromatic carbocycles. The topological polar surface area (TPSA) is 100 Å². The molecule has 150 valence electrons. The number of nitrogens with zero attached hydrogens (tertiary/aromatic N) is 3. The predicted octanol–water partition coefficient (Wildman–Crippen LogP) is 1.20. The highest BCUT2D eigenvalue weighted by Crippen LogP contribution is 2.40. The summed E-state index contributed by atoms with van der Waals surface area (Å²) in [5, 5.41) is 3.50. The summed E-state index contributed by atoms with van der Waals surface area (Å²) in [7, 11) is 1.94. The van der Waals surface area contributed by atoms with Crippen molar-refractivity contribution in [1.82, 2.24) is 24.8 Å². The maximum atomic E-state index is 13.3. The Morgan fingerprint density at radius 3 is 2.57 bits per heavy atom. The summed E-state index contributed by atoms with van der Waals surface area (Å²) in [6.07, 6.45) is 4.56. The first-order chi connectivity index (χ1) is 13.5. The molecule has 1 aliphatic carbocycles. The summed E-state index contributed by atoms with van der Waals surface area (Å²) in [6, 6.07) is 2.20. The van der Waals surface area contributed by atoms with Crippen molar-refractivity contribution in [3.63, 3.8) is 0 Å². The van der Waals surface area contributed by atoms with Gasteiger partial charge in [-0.05, 0) is 45.2 Å². The molecule has 2 aromatic heterocycles. The number of carbonyl (C=O) groups excluding carboxylic acids is 1. The Balaban J connectivity index is 1.85. The molecule has 1 aliphatic heterocycles. The molecule has 0 radical (unpaired) electrons. The molecule has 2 aromatic rings. The van der Waals surface area contributed by atoms with Crippen LogP contribution in [0.5, 0.6) is 0 Å². The van der Waals surface area contributed by atoms with Crippen LogP contribution in [0.2, 0.25) is 0 Å². The fraction of sp³-hybridized carbons (Fsp3) is 0.600. The van der Waals surface area contributed by atoms with Crippen molar-refractivity contribution >= 4 is 16.9 Å². The number of aromatic amines is 1. The van der Waals surface area contributed by atoms with Gasteiger partial charge in [0, 0.05) is 37.3 Å². The maximum Gasteiger partial charge on any atom is 0.329 e. The van der Waals surface area contributed by atoms with E-state index in [1.807, 2.05) is 18.9 Å². The standard InChI is InChI=1S/C20H27N5O3/c1-3-8-25-17-16(18(26)23-20(25)28)14(11-15(22-17)12-4-5-12)19(27)24-9-6-13(21-2)7-10-24/h11-13,21H,3-10H2,1-2H3,(H,23,26,28). The van der Waals surface area contributed by atoms with Gasteiger partial charge in [0.15, 0.2) is 5.65 Å². The van der Waals surface area contributed by atoms with Gasteiger partial charge < -0.3 is 10.2 Å². The zero-order valence-corrected chi connectivity index (χ0v) is 16.5. The number of hydrogen-bond acceptors (Lipinski definition) is 5. The second-order valence-electron chi connectivity index (χ2n) is 7.83. The number of nitrogens with one attached hydrogen (secondary N) is 2. The normalized spacial score (nSPS) is 18.0. The van der Waals surface area contributed by atoms with Gasteiger partial charge in [0.25, 0.3) is 11.5 Å². The van der Waals surface area contributed by atoms with Gasteiger partial charge in [-0.2, -0.15) is 0 Å². The van der Waals surface area contributed by atoms with Crippen LogP contribution in [0.4, 0.5) is 0 Å². The second kappa shape index (κ2) is 7.50. The number of fused-ring (bicyclic) bond motifs is 1. The molecule has 0 unspecified atom stereocenters. The van der Waals surface area contributed by atoms with E-state index in [4.69, 9.17) is 0 Å². The van der Waals surface area contributed by atoms with Gasteiger partial charge in [0.2, 0.25) is 0 Å². The van der Waals surface area contributed by atoms with E-state index in [1.165, 1.54) is 4.57 Å². The lowest BCUT2D eigenvalue weighted by Crippen LogP contribution is -2.44. The third kappa shape index (κ3) is 3.37. The minimum absolute atomic E-state index is 0.143. The molecule has 2 fully saturated rings. The minimum Gasteiger partial charge on any atom is -0.339 e. The van der Waals surface area contributed by atoms with Crippen LogP contribution in [-0.4, -0.2) is 51.5 Å². The van der Waals surface area contributed by atoms with E-state index in [0.717, 1.165) is 37.8 Å². The molecule has 28 heavy (non-hydrogen) atoms. The smallest absolute Gasteiger partial charge is 0.329 e. The first-order valence-electron chi connectivity index (χ1n) is 10.2. The zero-order valence-electron chi connectivity index (χ0n) is 16.5. The predicted molar refractivity (Wildman–Crippen MR) is 107 cm³/mol. The number of likely N-dealkylation sites (tertiary alicyclic amines) is 1.